The zero-order valence-corrected chi connectivity index (χ0v) is 11.4. The van der Waals surface area contributed by atoms with Crippen LogP contribution in [0.5, 0.6) is 0 Å². The van der Waals surface area contributed by atoms with Crippen LogP contribution in [0.15, 0.2) is 30.3 Å². The largest absolute Gasteiger partial charge is 0.467 e. The summed E-state index contributed by atoms with van der Waals surface area (Å²) in [6.07, 6.45) is 0. The Balaban J connectivity index is 1.97. The van der Waals surface area contributed by atoms with Crippen LogP contribution in [0.25, 0.3) is 0 Å². The Morgan fingerprint density at radius 1 is 0.950 bits per heavy atom. The number of methoxy groups -OCH3 is 1. The normalized spacial score (nSPS) is 10.1. The van der Waals surface area contributed by atoms with Gasteiger partial charge in [0.05, 0.1) is 32.5 Å². The fourth-order valence-electron chi connectivity index (χ4n) is 1.29. The molecule has 1 rings (SSSR count). The van der Waals surface area contributed by atoms with Crippen molar-refractivity contribution in [1.29, 1.82) is 0 Å². The summed E-state index contributed by atoms with van der Waals surface area (Å²) in [5.41, 5.74) is 0.508. The van der Waals surface area contributed by atoms with E-state index in [2.05, 4.69) is 4.74 Å². The molecule has 110 valence electrons. The summed E-state index contributed by atoms with van der Waals surface area (Å²) in [5.74, 6) is -0.807. The molecular weight excluding hydrogens is 264 g/mol. The first kappa shape index (κ1) is 16.1. The average Bonchev–Trinajstić information content (AvgIpc) is 2.50. The zero-order valence-electron chi connectivity index (χ0n) is 11.4. The van der Waals surface area contributed by atoms with Crippen molar-refractivity contribution in [2.45, 2.75) is 0 Å². The molecule has 0 aliphatic carbocycles. The molecule has 6 nitrogen and oxygen atoms in total. The lowest BCUT2D eigenvalue weighted by Crippen LogP contribution is -2.15. The van der Waals surface area contributed by atoms with E-state index >= 15 is 0 Å². The predicted octanol–water partition coefficient (Wildman–Crippen LogP) is 1.05. The molecular formula is C14H18O6. The molecule has 0 saturated heterocycles. The van der Waals surface area contributed by atoms with E-state index in [0.29, 0.717) is 12.2 Å². The van der Waals surface area contributed by atoms with Crippen molar-refractivity contribution in [3.63, 3.8) is 0 Å². The first-order valence-corrected chi connectivity index (χ1v) is 6.18. The van der Waals surface area contributed by atoms with E-state index in [4.69, 9.17) is 14.2 Å². The van der Waals surface area contributed by atoms with Crippen LogP contribution in [0.2, 0.25) is 0 Å². The van der Waals surface area contributed by atoms with Crippen molar-refractivity contribution in [3.05, 3.63) is 35.9 Å². The van der Waals surface area contributed by atoms with E-state index in [1.807, 2.05) is 6.07 Å². The van der Waals surface area contributed by atoms with Crippen LogP contribution < -0.4 is 0 Å². The molecule has 1 aromatic rings. The van der Waals surface area contributed by atoms with Gasteiger partial charge >= 0.3 is 11.9 Å². The lowest BCUT2D eigenvalue weighted by atomic mass is 10.2. The van der Waals surface area contributed by atoms with Gasteiger partial charge in [-0.2, -0.15) is 0 Å². The smallest absolute Gasteiger partial charge is 0.338 e. The maximum Gasteiger partial charge on any atom is 0.338 e. The molecule has 0 bridgehead atoms. The van der Waals surface area contributed by atoms with Crippen molar-refractivity contribution in [2.24, 2.45) is 0 Å². The van der Waals surface area contributed by atoms with Crippen molar-refractivity contribution >= 4 is 11.9 Å². The van der Waals surface area contributed by atoms with Crippen molar-refractivity contribution in [2.75, 3.05) is 40.1 Å². The Morgan fingerprint density at radius 2 is 1.60 bits per heavy atom. The minimum atomic E-state index is -0.429. The van der Waals surface area contributed by atoms with Gasteiger partial charge < -0.3 is 18.9 Å². The first-order chi connectivity index (χ1) is 9.74. The molecule has 0 aliphatic rings. The number of carbonyl (C=O) groups excluding carboxylic acids is 2. The van der Waals surface area contributed by atoms with Gasteiger partial charge in [-0.3, -0.25) is 0 Å². The van der Waals surface area contributed by atoms with Crippen LogP contribution in [0.4, 0.5) is 0 Å². The van der Waals surface area contributed by atoms with E-state index in [1.54, 1.807) is 24.3 Å². The number of ether oxygens (including phenoxy) is 4. The fourth-order valence-corrected chi connectivity index (χ4v) is 1.29. The zero-order chi connectivity index (χ0) is 14.6. The molecule has 0 N–H and O–H groups in total. The summed E-state index contributed by atoms with van der Waals surface area (Å²) in [7, 11) is 1.29. The average molecular weight is 282 g/mol. The topological polar surface area (TPSA) is 71.1 Å². The molecule has 0 amide bonds. The summed E-state index contributed by atoms with van der Waals surface area (Å²) in [6.45, 7) is 0.954. The van der Waals surface area contributed by atoms with Crippen LogP contribution in [0.3, 0.4) is 0 Å². The number of esters is 2. The second-order valence-corrected chi connectivity index (χ2v) is 3.74. The summed E-state index contributed by atoms with van der Waals surface area (Å²) >= 11 is 0. The van der Waals surface area contributed by atoms with Crippen LogP contribution in [-0.4, -0.2) is 52.1 Å². The third kappa shape index (κ3) is 6.86. The van der Waals surface area contributed by atoms with Gasteiger partial charge in [-0.25, -0.2) is 9.59 Å². The number of hydrogen-bond donors (Lipinski definition) is 0. The van der Waals surface area contributed by atoms with Crippen LogP contribution in [0, 0.1) is 0 Å². The van der Waals surface area contributed by atoms with E-state index in [0.717, 1.165) is 0 Å². The van der Waals surface area contributed by atoms with Gasteiger partial charge in [-0.1, -0.05) is 18.2 Å². The van der Waals surface area contributed by atoms with E-state index in [1.165, 1.54) is 7.11 Å². The summed E-state index contributed by atoms with van der Waals surface area (Å²) < 4.78 is 19.6. The molecule has 0 aliphatic heterocycles. The Hall–Kier alpha value is -1.92. The quantitative estimate of drug-likeness (QED) is 0.498. The van der Waals surface area contributed by atoms with Gasteiger partial charge in [0.15, 0.2) is 0 Å². The highest BCUT2D eigenvalue weighted by Crippen LogP contribution is 2.00. The minimum Gasteiger partial charge on any atom is -0.467 e. The van der Waals surface area contributed by atoms with Crippen LogP contribution >= 0.6 is 0 Å². The van der Waals surface area contributed by atoms with Crippen LogP contribution in [-0.2, 0) is 23.7 Å². The Labute approximate surface area is 117 Å². The molecule has 0 radical (unpaired) electrons. The third-order valence-electron chi connectivity index (χ3n) is 2.29. The predicted molar refractivity (Wildman–Crippen MR) is 70.4 cm³/mol. The standard InChI is InChI=1S/C14H18O6/c1-17-13(15)11-19-8-7-18-9-10-20-14(16)12-5-3-2-4-6-12/h2-6H,7-11H2,1H3. The molecule has 1 aromatic carbocycles. The second kappa shape index (κ2) is 9.94. The summed E-state index contributed by atoms with van der Waals surface area (Å²) in [5, 5.41) is 0. The van der Waals surface area contributed by atoms with Crippen molar-refractivity contribution in [1.82, 2.24) is 0 Å². The van der Waals surface area contributed by atoms with E-state index < -0.39 is 5.97 Å². The maximum absolute atomic E-state index is 11.5. The lowest BCUT2D eigenvalue weighted by molar-refractivity contribution is -0.146. The summed E-state index contributed by atoms with van der Waals surface area (Å²) in [6, 6.07) is 8.74. The van der Waals surface area contributed by atoms with Gasteiger partial charge in [0, 0.05) is 0 Å². The molecule has 0 spiro atoms. The van der Waals surface area contributed by atoms with Gasteiger partial charge in [-0.15, -0.1) is 0 Å². The SMILES string of the molecule is COC(=O)COCCOCCOC(=O)c1ccccc1. The number of benzene rings is 1. The lowest BCUT2D eigenvalue weighted by Gasteiger charge is -2.06. The number of carbonyl (C=O) groups is 2. The maximum atomic E-state index is 11.5. The highest BCUT2D eigenvalue weighted by Gasteiger charge is 2.05. The highest BCUT2D eigenvalue weighted by atomic mass is 16.6. The molecule has 20 heavy (non-hydrogen) atoms. The molecule has 0 aromatic heterocycles. The van der Waals surface area contributed by atoms with Crippen LogP contribution in [0.1, 0.15) is 10.4 Å². The first-order valence-electron chi connectivity index (χ1n) is 6.18. The highest BCUT2D eigenvalue weighted by molar-refractivity contribution is 5.89. The Morgan fingerprint density at radius 3 is 2.30 bits per heavy atom. The molecule has 6 heteroatoms. The molecule has 0 atom stereocenters. The van der Waals surface area contributed by atoms with Crippen molar-refractivity contribution < 1.29 is 28.5 Å². The van der Waals surface area contributed by atoms with Gasteiger partial charge in [0.2, 0.25) is 0 Å². The monoisotopic (exact) mass is 282 g/mol. The molecule has 0 heterocycles. The minimum absolute atomic E-state index is 0.0944. The Kier molecular flexibility index (Phi) is 8.02. The summed E-state index contributed by atoms with van der Waals surface area (Å²) in [4.78, 5) is 22.2. The second-order valence-electron chi connectivity index (χ2n) is 3.74. The van der Waals surface area contributed by atoms with Crippen molar-refractivity contribution in [3.8, 4) is 0 Å². The van der Waals surface area contributed by atoms with E-state index in [-0.39, 0.29) is 32.4 Å². The van der Waals surface area contributed by atoms with Gasteiger partial charge in [-0.05, 0) is 12.1 Å². The molecule has 0 saturated carbocycles. The fraction of sp³-hybridized carbons (Fsp3) is 0.429. The number of rotatable bonds is 9. The molecule has 0 fully saturated rings. The van der Waals surface area contributed by atoms with Gasteiger partial charge in [0.1, 0.15) is 13.2 Å². The number of hydrogen-bond acceptors (Lipinski definition) is 6. The third-order valence-corrected chi connectivity index (χ3v) is 2.29. The Bertz CT molecular complexity index is 403. The van der Waals surface area contributed by atoms with Gasteiger partial charge in [0.25, 0.3) is 0 Å². The molecule has 0 unspecified atom stereocenters. The van der Waals surface area contributed by atoms with E-state index in [9.17, 15) is 9.59 Å².